The maximum absolute atomic E-state index is 12.9. The highest BCUT2D eigenvalue weighted by Crippen LogP contribution is 2.26. The number of rotatable bonds is 1. The zero-order valence-electron chi connectivity index (χ0n) is 6.19. The number of benzene rings is 1. The van der Waals surface area contributed by atoms with Gasteiger partial charge in [-0.1, -0.05) is 0 Å². The molecule has 1 aromatic rings. The Kier molecular flexibility index (Phi) is 2.49. The van der Waals surface area contributed by atoms with Gasteiger partial charge >= 0.3 is 5.69 Å². The molecule has 1 aromatic carbocycles. The highest BCUT2D eigenvalue weighted by atomic mass is 32.1. The standard InChI is InChI=1S/C7H3FN2O2S/c8-5-1-4(3-9)2-6(13)7(5)10(11)12/h1-2,13H. The maximum atomic E-state index is 12.9. The van der Waals surface area contributed by atoms with Gasteiger partial charge in [0.15, 0.2) is 0 Å². The quantitative estimate of drug-likeness (QED) is 0.425. The van der Waals surface area contributed by atoms with Gasteiger partial charge in [-0.2, -0.15) is 9.65 Å². The predicted molar refractivity (Wildman–Crippen MR) is 45.0 cm³/mol. The van der Waals surface area contributed by atoms with Crippen molar-refractivity contribution in [3.63, 3.8) is 0 Å². The van der Waals surface area contributed by atoms with Gasteiger partial charge < -0.3 is 0 Å². The van der Waals surface area contributed by atoms with E-state index in [1.807, 2.05) is 0 Å². The van der Waals surface area contributed by atoms with Crippen LogP contribution < -0.4 is 0 Å². The topological polar surface area (TPSA) is 66.9 Å². The average Bonchev–Trinajstić information content (AvgIpc) is 2.02. The van der Waals surface area contributed by atoms with Crippen molar-refractivity contribution in [2.45, 2.75) is 4.90 Å². The van der Waals surface area contributed by atoms with Gasteiger partial charge in [0.1, 0.15) is 0 Å². The Morgan fingerprint density at radius 3 is 2.62 bits per heavy atom. The van der Waals surface area contributed by atoms with E-state index in [9.17, 15) is 14.5 Å². The first-order chi connectivity index (χ1) is 6.06. The molecular weight excluding hydrogens is 195 g/mol. The summed E-state index contributed by atoms with van der Waals surface area (Å²) in [6.45, 7) is 0. The molecule has 0 aliphatic carbocycles. The molecule has 0 saturated heterocycles. The van der Waals surface area contributed by atoms with Crippen molar-refractivity contribution < 1.29 is 9.31 Å². The molecule has 0 saturated carbocycles. The fourth-order valence-corrected chi connectivity index (χ4v) is 1.16. The minimum absolute atomic E-state index is 0.00750. The lowest BCUT2D eigenvalue weighted by Crippen LogP contribution is -1.94. The molecule has 0 aliphatic heterocycles. The van der Waals surface area contributed by atoms with E-state index >= 15 is 0 Å². The third-order valence-corrected chi connectivity index (χ3v) is 1.70. The van der Waals surface area contributed by atoms with Crippen LogP contribution in [-0.4, -0.2) is 4.92 Å². The molecule has 6 heteroatoms. The Hall–Kier alpha value is -1.61. The molecule has 0 unspecified atom stereocenters. The number of hydrogen-bond donors (Lipinski definition) is 1. The fourth-order valence-electron chi connectivity index (χ4n) is 0.830. The summed E-state index contributed by atoms with van der Waals surface area (Å²) in [5, 5.41) is 18.7. The first-order valence-corrected chi connectivity index (χ1v) is 3.58. The van der Waals surface area contributed by atoms with Gasteiger partial charge in [0.05, 0.1) is 21.5 Å². The van der Waals surface area contributed by atoms with Crippen molar-refractivity contribution in [3.05, 3.63) is 33.6 Å². The Morgan fingerprint density at radius 2 is 2.23 bits per heavy atom. The lowest BCUT2D eigenvalue weighted by atomic mass is 10.2. The molecule has 0 aromatic heterocycles. The van der Waals surface area contributed by atoms with E-state index in [1.165, 1.54) is 0 Å². The van der Waals surface area contributed by atoms with E-state index in [2.05, 4.69) is 12.6 Å². The number of thiol groups is 1. The molecule has 13 heavy (non-hydrogen) atoms. The molecule has 1 rings (SSSR count). The van der Waals surface area contributed by atoms with Crippen LogP contribution >= 0.6 is 12.6 Å². The van der Waals surface area contributed by atoms with Crippen molar-refractivity contribution in [1.29, 1.82) is 5.26 Å². The molecule has 0 radical (unpaired) electrons. The van der Waals surface area contributed by atoms with Crippen molar-refractivity contribution in [3.8, 4) is 6.07 Å². The number of halogens is 1. The summed E-state index contributed by atoms with van der Waals surface area (Å²) < 4.78 is 12.9. The van der Waals surface area contributed by atoms with E-state index in [0.29, 0.717) is 0 Å². The highest BCUT2D eigenvalue weighted by Gasteiger charge is 2.19. The molecule has 4 nitrogen and oxygen atoms in total. The number of nitro groups is 1. The summed E-state index contributed by atoms with van der Waals surface area (Å²) in [6, 6.07) is 3.61. The summed E-state index contributed by atoms with van der Waals surface area (Å²) in [5.41, 5.74) is -0.699. The summed E-state index contributed by atoms with van der Waals surface area (Å²) >= 11 is 3.70. The SMILES string of the molecule is N#Cc1cc(F)c([N+](=O)[O-])c(S)c1. The molecule has 0 fully saturated rings. The van der Waals surface area contributed by atoms with Crippen molar-refractivity contribution in [1.82, 2.24) is 0 Å². The lowest BCUT2D eigenvalue weighted by molar-refractivity contribution is -0.390. The fraction of sp³-hybridized carbons (Fsp3) is 0. The van der Waals surface area contributed by atoms with E-state index in [1.54, 1.807) is 6.07 Å². The van der Waals surface area contributed by atoms with Gasteiger partial charge in [-0.05, 0) is 12.1 Å². The average molecular weight is 198 g/mol. The zero-order valence-corrected chi connectivity index (χ0v) is 7.09. The second kappa shape index (κ2) is 3.41. The van der Waals surface area contributed by atoms with E-state index in [0.717, 1.165) is 12.1 Å². The molecule has 0 aliphatic rings. The Labute approximate surface area is 78.2 Å². The predicted octanol–water partition coefficient (Wildman–Crippen LogP) is 1.89. The third kappa shape index (κ3) is 1.76. The van der Waals surface area contributed by atoms with Crippen LogP contribution in [0.25, 0.3) is 0 Å². The van der Waals surface area contributed by atoms with Crippen molar-refractivity contribution in [2.75, 3.05) is 0 Å². The van der Waals surface area contributed by atoms with Crippen LogP contribution in [0.15, 0.2) is 17.0 Å². The van der Waals surface area contributed by atoms with Gasteiger partial charge in [-0.25, -0.2) is 0 Å². The summed E-state index contributed by atoms with van der Waals surface area (Å²) in [7, 11) is 0. The third-order valence-electron chi connectivity index (χ3n) is 1.35. The molecule has 0 amide bonds. The Morgan fingerprint density at radius 1 is 1.62 bits per heavy atom. The Balaban J connectivity index is 3.42. The number of hydrogen-bond acceptors (Lipinski definition) is 4. The second-order valence-corrected chi connectivity index (χ2v) is 2.68. The summed E-state index contributed by atoms with van der Waals surface area (Å²) in [6.07, 6.45) is 0. The molecule has 0 spiro atoms. The van der Waals surface area contributed by atoms with E-state index in [4.69, 9.17) is 5.26 Å². The number of nitriles is 1. The van der Waals surface area contributed by atoms with Gasteiger partial charge in [-0.3, -0.25) is 10.1 Å². The van der Waals surface area contributed by atoms with E-state index in [-0.39, 0.29) is 10.5 Å². The Bertz CT molecular complexity index is 390. The van der Waals surface area contributed by atoms with Crippen LogP contribution in [0.3, 0.4) is 0 Å². The monoisotopic (exact) mass is 198 g/mol. The van der Waals surface area contributed by atoms with E-state index < -0.39 is 16.4 Å². The second-order valence-electron chi connectivity index (χ2n) is 2.19. The summed E-state index contributed by atoms with van der Waals surface area (Å²) in [4.78, 5) is 9.25. The number of nitro benzene ring substituents is 1. The maximum Gasteiger partial charge on any atom is 0.318 e. The molecule has 0 N–H and O–H groups in total. The minimum atomic E-state index is -1.05. The van der Waals surface area contributed by atoms with Crippen LogP contribution in [0.1, 0.15) is 5.56 Å². The van der Waals surface area contributed by atoms with Crippen LogP contribution in [-0.2, 0) is 0 Å². The largest absolute Gasteiger partial charge is 0.318 e. The highest BCUT2D eigenvalue weighted by molar-refractivity contribution is 7.80. The first-order valence-electron chi connectivity index (χ1n) is 3.13. The van der Waals surface area contributed by atoms with Crippen molar-refractivity contribution in [2.24, 2.45) is 0 Å². The van der Waals surface area contributed by atoms with Gasteiger partial charge in [0.25, 0.3) is 0 Å². The van der Waals surface area contributed by atoms with Crippen molar-refractivity contribution >= 4 is 18.3 Å². The normalized spacial score (nSPS) is 9.31. The first kappa shape index (κ1) is 9.48. The van der Waals surface area contributed by atoms with Gasteiger partial charge in [0.2, 0.25) is 5.82 Å². The van der Waals surface area contributed by atoms with Gasteiger partial charge in [0, 0.05) is 0 Å². The zero-order chi connectivity index (χ0) is 10.0. The number of nitrogens with zero attached hydrogens (tertiary/aromatic N) is 2. The molecule has 0 bridgehead atoms. The molecule has 0 heterocycles. The van der Waals surface area contributed by atoms with Crippen LogP contribution in [0.5, 0.6) is 0 Å². The molecule has 0 atom stereocenters. The van der Waals surface area contributed by atoms with Crippen LogP contribution in [0.4, 0.5) is 10.1 Å². The minimum Gasteiger partial charge on any atom is -0.258 e. The van der Waals surface area contributed by atoms with Crippen LogP contribution in [0, 0.1) is 27.3 Å². The van der Waals surface area contributed by atoms with Crippen LogP contribution in [0.2, 0.25) is 0 Å². The lowest BCUT2D eigenvalue weighted by Gasteiger charge is -1.97. The smallest absolute Gasteiger partial charge is 0.258 e. The molecular formula is C7H3FN2O2S. The molecule has 66 valence electrons. The summed E-state index contributed by atoms with van der Waals surface area (Å²) in [5.74, 6) is -1.05. The van der Waals surface area contributed by atoms with Gasteiger partial charge in [-0.15, -0.1) is 12.6 Å².